The van der Waals surface area contributed by atoms with Gasteiger partial charge in [0.2, 0.25) is 5.91 Å². The Morgan fingerprint density at radius 3 is 2.94 bits per heavy atom. The summed E-state index contributed by atoms with van der Waals surface area (Å²) in [7, 11) is 0. The molecule has 0 aromatic carbocycles. The number of carbonyl (C=O) groups is 1. The van der Waals surface area contributed by atoms with Gasteiger partial charge in [-0.3, -0.25) is 9.78 Å². The van der Waals surface area contributed by atoms with Crippen molar-refractivity contribution in [1.82, 2.24) is 10.3 Å². The summed E-state index contributed by atoms with van der Waals surface area (Å²) in [6, 6.07) is 3.87. The van der Waals surface area contributed by atoms with Gasteiger partial charge in [-0.15, -0.1) is 0 Å². The summed E-state index contributed by atoms with van der Waals surface area (Å²) in [4.78, 5) is 15.8. The fourth-order valence-corrected chi connectivity index (χ4v) is 1.52. The second-order valence-electron chi connectivity index (χ2n) is 3.85. The van der Waals surface area contributed by atoms with Gasteiger partial charge < -0.3 is 10.6 Å². The molecule has 4 heteroatoms. The van der Waals surface area contributed by atoms with E-state index in [-0.39, 0.29) is 11.9 Å². The summed E-state index contributed by atoms with van der Waals surface area (Å²) in [5.41, 5.74) is 1.63. The highest BCUT2D eigenvalue weighted by Crippen LogP contribution is 2.10. The molecular formula is C12H19N3O. The highest BCUT2D eigenvalue weighted by Gasteiger charge is 2.09. The number of nitrogens with zero attached hydrogens (tertiary/aromatic N) is 1. The van der Waals surface area contributed by atoms with Crippen LogP contribution in [0, 0.1) is 6.92 Å². The summed E-state index contributed by atoms with van der Waals surface area (Å²) >= 11 is 0. The van der Waals surface area contributed by atoms with Gasteiger partial charge in [0.15, 0.2) is 0 Å². The molecule has 1 amide bonds. The Kier molecular flexibility index (Phi) is 4.92. The first-order valence-electron chi connectivity index (χ1n) is 5.58. The molecule has 1 aromatic heterocycles. The predicted molar refractivity (Wildman–Crippen MR) is 65.4 cm³/mol. The second kappa shape index (κ2) is 6.23. The van der Waals surface area contributed by atoms with Crippen LogP contribution < -0.4 is 10.6 Å². The molecule has 0 aliphatic heterocycles. The van der Waals surface area contributed by atoms with Crippen molar-refractivity contribution >= 4 is 11.6 Å². The van der Waals surface area contributed by atoms with E-state index in [9.17, 15) is 4.79 Å². The van der Waals surface area contributed by atoms with E-state index in [1.54, 1.807) is 6.20 Å². The third-order valence-corrected chi connectivity index (χ3v) is 2.33. The molecule has 0 radical (unpaired) electrons. The van der Waals surface area contributed by atoms with E-state index < -0.39 is 0 Å². The SMILES string of the molecule is CCNC(C)CC(=O)Nc1cccnc1C. The molecule has 1 heterocycles. The lowest BCUT2D eigenvalue weighted by Crippen LogP contribution is -2.30. The van der Waals surface area contributed by atoms with Gasteiger partial charge in [0.25, 0.3) is 0 Å². The van der Waals surface area contributed by atoms with Crippen LogP contribution in [0.25, 0.3) is 0 Å². The zero-order chi connectivity index (χ0) is 12.0. The number of rotatable bonds is 5. The largest absolute Gasteiger partial charge is 0.324 e. The molecule has 0 bridgehead atoms. The lowest BCUT2D eigenvalue weighted by molar-refractivity contribution is -0.116. The zero-order valence-electron chi connectivity index (χ0n) is 10.1. The van der Waals surface area contributed by atoms with Crippen LogP contribution in [0.3, 0.4) is 0 Å². The van der Waals surface area contributed by atoms with E-state index in [1.165, 1.54) is 0 Å². The standard InChI is InChI=1S/C12H19N3O/c1-4-13-9(2)8-12(16)15-11-6-5-7-14-10(11)3/h5-7,9,13H,4,8H2,1-3H3,(H,15,16). The maximum atomic E-state index is 11.7. The van der Waals surface area contributed by atoms with Gasteiger partial charge in [-0.25, -0.2) is 0 Å². The summed E-state index contributed by atoms with van der Waals surface area (Å²) in [5.74, 6) is 0.0181. The maximum Gasteiger partial charge on any atom is 0.225 e. The topological polar surface area (TPSA) is 54.0 Å². The Hall–Kier alpha value is -1.42. The highest BCUT2D eigenvalue weighted by molar-refractivity contribution is 5.91. The zero-order valence-corrected chi connectivity index (χ0v) is 10.1. The Balaban J connectivity index is 2.49. The first kappa shape index (κ1) is 12.6. The number of aryl methyl sites for hydroxylation is 1. The van der Waals surface area contributed by atoms with Crippen molar-refractivity contribution < 1.29 is 4.79 Å². The van der Waals surface area contributed by atoms with Crippen molar-refractivity contribution in [3.63, 3.8) is 0 Å². The predicted octanol–water partition coefficient (Wildman–Crippen LogP) is 1.72. The van der Waals surface area contributed by atoms with Crippen LogP contribution in [0.5, 0.6) is 0 Å². The summed E-state index contributed by atoms with van der Waals surface area (Å²) < 4.78 is 0. The van der Waals surface area contributed by atoms with Crippen LogP contribution in [0.2, 0.25) is 0 Å². The molecule has 0 spiro atoms. The quantitative estimate of drug-likeness (QED) is 0.796. The molecule has 1 rings (SSSR count). The van der Waals surface area contributed by atoms with Crippen molar-refractivity contribution in [2.45, 2.75) is 33.2 Å². The van der Waals surface area contributed by atoms with Crippen molar-refractivity contribution in [3.05, 3.63) is 24.0 Å². The van der Waals surface area contributed by atoms with Gasteiger partial charge in [0, 0.05) is 18.7 Å². The lowest BCUT2D eigenvalue weighted by atomic mass is 10.2. The van der Waals surface area contributed by atoms with Crippen molar-refractivity contribution in [3.8, 4) is 0 Å². The maximum absolute atomic E-state index is 11.7. The molecule has 0 aliphatic rings. The van der Waals surface area contributed by atoms with Crippen LogP contribution in [-0.2, 0) is 4.79 Å². The minimum atomic E-state index is 0.0181. The van der Waals surface area contributed by atoms with E-state index >= 15 is 0 Å². The number of aromatic nitrogens is 1. The Morgan fingerprint density at radius 2 is 2.31 bits per heavy atom. The normalized spacial score (nSPS) is 12.2. The van der Waals surface area contributed by atoms with Crippen molar-refractivity contribution in [1.29, 1.82) is 0 Å². The molecule has 88 valence electrons. The molecule has 1 aromatic rings. The van der Waals surface area contributed by atoms with Crippen LogP contribution >= 0.6 is 0 Å². The monoisotopic (exact) mass is 221 g/mol. The molecule has 0 saturated carbocycles. The van der Waals surface area contributed by atoms with Gasteiger partial charge in [-0.2, -0.15) is 0 Å². The van der Waals surface area contributed by atoms with E-state index in [4.69, 9.17) is 0 Å². The van der Waals surface area contributed by atoms with Crippen molar-refractivity contribution in [2.75, 3.05) is 11.9 Å². The molecule has 0 fully saturated rings. The minimum Gasteiger partial charge on any atom is -0.324 e. The molecule has 16 heavy (non-hydrogen) atoms. The summed E-state index contributed by atoms with van der Waals surface area (Å²) in [6.07, 6.45) is 2.19. The van der Waals surface area contributed by atoms with Crippen LogP contribution in [0.1, 0.15) is 26.0 Å². The number of carbonyl (C=O) groups excluding carboxylic acids is 1. The first-order valence-corrected chi connectivity index (χ1v) is 5.58. The summed E-state index contributed by atoms with van der Waals surface area (Å²) in [5, 5.41) is 6.06. The fraction of sp³-hybridized carbons (Fsp3) is 0.500. The van der Waals surface area contributed by atoms with Gasteiger partial charge in [0.1, 0.15) is 0 Å². The Labute approximate surface area is 96.5 Å². The van der Waals surface area contributed by atoms with Crippen LogP contribution in [-0.4, -0.2) is 23.5 Å². The van der Waals surface area contributed by atoms with Gasteiger partial charge in [-0.1, -0.05) is 6.92 Å². The second-order valence-corrected chi connectivity index (χ2v) is 3.85. The average molecular weight is 221 g/mol. The number of nitrogens with one attached hydrogen (secondary N) is 2. The van der Waals surface area contributed by atoms with E-state index in [1.807, 2.05) is 32.9 Å². The number of pyridine rings is 1. The molecule has 4 nitrogen and oxygen atoms in total. The number of amides is 1. The highest BCUT2D eigenvalue weighted by atomic mass is 16.1. The molecule has 0 aliphatic carbocycles. The Bertz CT molecular complexity index is 352. The third-order valence-electron chi connectivity index (χ3n) is 2.33. The number of anilines is 1. The van der Waals surface area contributed by atoms with Gasteiger partial charge >= 0.3 is 0 Å². The first-order chi connectivity index (χ1) is 7.63. The van der Waals surface area contributed by atoms with Gasteiger partial charge in [-0.05, 0) is 32.5 Å². The lowest BCUT2D eigenvalue weighted by Gasteiger charge is -2.12. The van der Waals surface area contributed by atoms with E-state index in [0.717, 1.165) is 17.9 Å². The van der Waals surface area contributed by atoms with Crippen molar-refractivity contribution in [2.24, 2.45) is 0 Å². The van der Waals surface area contributed by atoms with E-state index in [0.29, 0.717) is 6.42 Å². The molecule has 2 N–H and O–H groups in total. The van der Waals surface area contributed by atoms with Gasteiger partial charge in [0.05, 0.1) is 11.4 Å². The minimum absolute atomic E-state index is 0.0181. The molecular weight excluding hydrogens is 202 g/mol. The van der Waals surface area contributed by atoms with Crippen LogP contribution in [0.15, 0.2) is 18.3 Å². The van der Waals surface area contributed by atoms with Crippen LogP contribution in [0.4, 0.5) is 5.69 Å². The van der Waals surface area contributed by atoms with E-state index in [2.05, 4.69) is 15.6 Å². The fourth-order valence-electron chi connectivity index (χ4n) is 1.52. The smallest absolute Gasteiger partial charge is 0.225 e. The molecule has 1 atom stereocenters. The average Bonchev–Trinajstić information content (AvgIpc) is 2.21. The number of hydrogen-bond acceptors (Lipinski definition) is 3. The Morgan fingerprint density at radius 1 is 1.56 bits per heavy atom. The summed E-state index contributed by atoms with van der Waals surface area (Å²) in [6.45, 7) is 6.78. The third kappa shape index (κ3) is 3.98. The molecule has 0 saturated heterocycles. The number of hydrogen-bond donors (Lipinski definition) is 2. The molecule has 1 unspecified atom stereocenters.